The quantitative estimate of drug-likeness (QED) is 0.448. The Labute approximate surface area is 172 Å². The van der Waals surface area contributed by atoms with Crippen LogP contribution in [-0.4, -0.2) is 21.1 Å². The van der Waals surface area contributed by atoms with Gasteiger partial charge in [0.25, 0.3) is 0 Å². The first-order valence-corrected chi connectivity index (χ1v) is 14.5. The van der Waals surface area contributed by atoms with Gasteiger partial charge in [0.15, 0.2) is 0 Å². The highest BCUT2D eigenvalue weighted by Crippen LogP contribution is 2.53. The average Bonchev–Trinajstić information content (AvgIpc) is 2.62. The molecule has 0 amide bonds. The highest BCUT2D eigenvalue weighted by atomic mass is 28.3. The minimum absolute atomic E-state index is 0.687. The standard InChI is InChI=1S/C25H48OSi/c1-17(2)21-12-10-19(5)15-23(21)27(25-9-7-8-14-26-25)24-16-20(6)11-13-22(24)18(3)4/h17-25,27H,7-16H2,1-6H3. The van der Waals surface area contributed by atoms with Crippen molar-refractivity contribution < 1.29 is 4.74 Å². The van der Waals surface area contributed by atoms with Crippen molar-refractivity contribution >= 4 is 8.80 Å². The first-order chi connectivity index (χ1) is 12.9. The minimum atomic E-state index is -1.01. The van der Waals surface area contributed by atoms with E-state index in [4.69, 9.17) is 4.74 Å². The van der Waals surface area contributed by atoms with Crippen LogP contribution in [0.2, 0.25) is 11.1 Å². The lowest BCUT2D eigenvalue weighted by Crippen LogP contribution is -2.50. The zero-order valence-corrected chi connectivity index (χ0v) is 20.4. The molecule has 0 aromatic carbocycles. The van der Waals surface area contributed by atoms with Crippen LogP contribution in [0.1, 0.15) is 99.3 Å². The van der Waals surface area contributed by atoms with Gasteiger partial charge in [-0.2, -0.15) is 0 Å². The Balaban J connectivity index is 1.93. The molecule has 27 heavy (non-hydrogen) atoms. The lowest BCUT2D eigenvalue weighted by atomic mass is 9.76. The summed E-state index contributed by atoms with van der Waals surface area (Å²) in [7, 11) is -1.01. The van der Waals surface area contributed by atoms with Crippen molar-refractivity contribution in [2.75, 3.05) is 6.61 Å². The van der Waals surface area contributed by atoms with Crippen molar-refractivity contribution in [1.82, 2.24) is 0 Å². The fourth-order valence-corrected chi connectivity index (χ4v) is 14.1. The van der Waals surface area contributed by atoms with Gasteiger partial charge in [0.1, 0.15) is 0 Å². The van der Waals surface area contributed by atoms with E-state index in [2.05, 4.69) is 41.5 Å². The summed E-state index contributed by atoms with van der Waals surface area (Å²) in [5, 5.41) is 0. The molecule has 0 aromatic rings. The van der Waals surface area contributed by atoms with Gasteiger partial charge in [0, 0.05) is 12.3 Å². The van der Waals surface area contributed by atoms with E-state index in [0.29, 0.717) is 5.73 Å². The fourth-order valence-electron chi connectivity index (χ4n) is 7.38. The van der Waals surface area contributed by atoms with Crippen LogP contribution in [0.25, 0.3) is 0 Å². The normalized spacial score (nSPS) is 42.4. The summed E-state index contributed by atoms with van der Waals surface area (Å²) in [5.41, 5.74) is 2.76. The van der Waals surface area contributed by atoms with E-state index in [1.807, 2.05) is 0 Å². The summed E-state index contributed by atoms with van der Waals surface area (Å²) < 4.78 is 6.63. The SMILES string of the molecule is CC1CCC(C(C)C)C([SiH](C2CCCCO2)C2CC(C)CCC2C(C)C)C1. The molecule has 0 radical (unpaired) electrons. The van der Waals surface area contributed by atoms with Gasteiger partial charge in [-0.1, -0.05) is 67.2 Å². The molecule has 1 nitrogen and oxygen atoms in total. The van der Waals surface area contributed by atoms with Crippen LogP contribution < -0.4 is 0 Å². The van der Waals surface area contributed by atoms with E-state index < -0.39 is 8.80 Å². The Morgan fingerprint density at radius 3 is 1.63 bits per heavy atom. The van der Waals surface area contributed by atoms with E-state index >= 15 is 0 Å². The topological polar surface area (TPSA) is 9.23 Å². The summed E-state index contributed by atoms with van der Waals surface area (Å²) in [4.78, 5) is 0. The van der Waals surface area contributed by atoms with Crippen LogP contribution in [0.4, 0.5) is 0 Å². The molecule has 0 bridgehead atoms. The lowest BCUT2D eigenvalue weighted by Gasteiger charge is -2.51. The molecular weight excluding hydrogens is 344 g/mol. The second kappa shape index (κ2) is 9.79. The number of hydrogen-bond acceptors (Lipinski definition) is 1. The minimum Gasteiger partial charge on any atom is -0.382 e. The predicted molar refractivity (Wildman–Crippen MR) is 121 cm³/mol. The predicted octanol–water partition coefficient (Wildman–Crippen LogP) is 7.25. The van der Waals surface area contributed by atoms with Crippen molar-refractivity contribution in [3.8, 4) is 0 Å². The van der Waals surface area contributed by atoms with Gasteiger partial charge >= 0.3 is 0 Å². The molecule has 158 valence electrons. The number of rotatable bonds is 5. The van der Waals surface area contributed by atoms with E-state index in [9.17, 15) is 0 Å². The second-order valence-electron chi connectivity index (χ2n) is 11.5. The smallest absolute Gasteiger partial charge is 0.0784 e. The Morgan fingerprint density at radius 2 is 1.22 bits per heavy atom. The zero-order valence-electron chi connectivity index (χ0n) is 19.3. The number of hydrogen-bond donors (Lipinski definition) is 0. The van der Waals surface area contributed by atoms with Gasteiger partial charge in [0.2, 0.25) is 0 Å². The second-order valence-corrected chi connectivity index (χ2v) is 15.1. The van der Waals surface area contributed by atoms with Gasteiger partial charge in [-0.05, 0) is 78.7 Å². The van der Waals surface area contributed by atoms with Gasteiger partial charge in [-0.25, -0.2) is 0 Å². The maximum atomic E-state index is 6.63. The number of ether oxygens (including phenoxy) is 1. The summed E-state index contributed by atoms with van der Waals surface area (Å²) in [6.45, 7) is 16.2. The van der Waals surface area contributed by atoms with Crippen LogP contribution in [0.3, 0.4) is 0 Å². The third-order valence-corrected chi connectivity index (χ3v) is 13.7. The molecule has 0 spiro atoms. The summed E-state index contributed by atoms with van der Waals surface area (Å²) in [6, 6.07) is 0. The van der Waals surface area contributed by atoms with Crippen LogP contribution in [0, 0.1) is 35.5 Å². The third-order valence-electron chi connectivity index (χ3n) is 8.78. The van der Waals surface area contributed by atoms with Crippen molar-refractivity contribution in [2.24, 2.45) is 35.5 Å². The maximum absolute atomic E-state index is 6.63. The van der Waals surface area contributed by atoms with Gasteiger partial charge in [-0.15, -0.1) is 0 Å². The fraction of sp³-hybridized carbons (Fsp3) is 1.00. The molecule has 3 aliphatic rings. The Hall–Kier alpha value is 0.177. The van der Waals surface area contributed by atoms with E-state index in [0.717, 1.165) is 53.2 Å². The monoisotopic (exact) mass is 392 g/mol. The van der Waals surface area contributed by atoms with Crippen LogP contribution in [-0.2, 0) is 4.74 Å². The molecule has 3 fully saturated rings. The van der Waals surface area contributed by atoms with E-state index in [1.54, 1.807) is 0 Å². The Morgan fingerprint density at radius 1 is 0.704 bits per heavy atom. The largest absolute Gasteiger partial charge is 0.382 e. The van der Waals surface area contributed by atoms with E-state index in [-0.39, 0.29) is 0 Å². The summed E-state index contributed by atoms with van der Waals surface area (Å²) >= 11 is 0. The first-order valence-electron chi connectivity index (χ1n) is 12.5. The molecular formula is C25H48OSi. The van der Waals surface area contributed by atoms with Gasteiger partial charge in [0.05, 0.1) is 8.80 Å². The molecule has 3 rings (SSSR count). The molecule has 7 atom stereocenters. The molecule has 2 heteroatoms. The summed E-state index contributed by atoms with van der Waals surface area (Å²) in [6.07, 6.45) is 13.1. The highest BCUT2D eigenvalue weighted by Gasteiger charge is 2.48. The average molecular weight is 393 g/mol. The lowest BCUT2D eigenvalue weighted by molar-refractivity contribution is 0.0546. The Bertz CT molecular complexity index is 410. The molecule has 7 unspecified atom stereocenters. The van der Waals surface area contributed by atoms with Gasteiger partial charge in [-0.3, -0.25) is 0 Å². The van der Waals surface area contributed by atoms with Gasteiger partial charge < -0.3 is 4.74 Å². The van der Waals surface area contributed by atoms with Crippen LogP contribution >= 0.6 is 0 Å². The van der Waals surface area contributed by atoms with Crippen molar-refractivity contribution in [2.45, 2.75) is 116 Å². The molecule has 1 aliphatic heterocycles. The van der Waals surface area contributed by atoms with Crippen molar-refractivity contribution in [1.29, 1.82) is 0 Å². The third kappa shape index (κ3) is 5.21. The first kappa shape index (κ1) is 21.9. The molecule has 2 saturated carbocycles. The molecule has 0 aromatic heterocycles. The summed E-state index contributed by atoms with van der Waals surface area (Å²) in [5.74, 6) is 5.57. The van der Waals surface area contributed by atoms with Crippen LogP contribution in [0.5, 0.6) is 0 Å². The zero-order chi connectivity index (χ0) is 19.6. The highest BCUT2D eigenvalue weighted by molar-refractivity contribution is 6.63. The molecule has 1 saturated heterocycles. The maximum Gasteiger partial charge on any atom is 0.0784 e. The molecule has 0 N–H and O–H groups in total. The molecule has 2 aliphatic carbocycles. The van der Waals surface area contributed by atoms with Crippen LogP contribution in [0.15, 0.2) is 0 Å². The van der Waals surface area contributed by atoms with E-state index in [1.165, 1.54) is 57.8 Å². The Kier molecular flexibility index (Phi) is 7.93. The van der Waals surface area contributed by atoms with Crippen molar-refractivity contribution in [3.63, 3.8) is 0 Å². The molecule has 1 heterocycles. The van der Waals surface area contributed by atoms with Crippen molar-refractivity contribution in [3.05, 3.63) is 0 Å².